The van der Waals surface area contributed by atoms with E-state index in [4.69, 9.17) is 0 Å². The molecule has 0 aromatic heterocycles. The highest BCUT2D eigenvalue weighted by atomic mass is 32.2. The molecule has 0 atom stereocenters. The molecule has 0 unspecified atom stereocenters. The van der Waals surface area contributed by atoms with Gasteiger partial charge in [-0.05, 0) is 45.0 Å². The lowest BCUT2D eigenvalue weighted by atomic mass is 10.0. The maximum Gasteiger partial charge on any atom is 0.401 e. The second kappa shape index (κ2) is 5.59. The summed E-state index contributed by atoms with van der Waals surface area (Å²) >= 11 is 1.91. The molecule has 0 radical (unpaired) electrons. The molecule has 1 N–H and O–H groups in total. The number of hydrogen-bond acceptors (Lipinski definition) is 3. The fourth-order valence-electron chi connectivity index (χ4n) is 2.47. The second-order valence-corrected chi connectivity index (χ2v) is 6.71. The van der Waals surface area contributed by atoms with Crippen LogP contribution >= 0.6 is 11.8 Å². The third-order valence-corrected chi connectivity index (χ3v) is 5.36. The molecule has 2 fully saturated rings. The zero-order chi connectivity index (χ0) is 13.2. The minimum Gasteiger partial charge on any atom is -0.313 e. The number of nitrogens with one attached hydrogen (secondary N) is 1. The van der Waals surface area contributed by atoms with Gasteiger partial charge in [0.1, 0.15) is 0 Å². The zero-order valence-corrected chi connectivity index (χ0v) is 11.5. The Morgan fingerprint density at radius 2 is 1.89 bits per heavy atom. The van der Waals surface area contributed by atoms with Crippen molar-refractivity contribution in [3.8, 4) is 0 Å². The standard InChI is InChI=1S/C12H21F3N2S/c1-18-11(4-5-11)8-16-10-2-6-17(7-3-10)9-12(13,14)15/h10,16H,2-9H2,1H3. The highest BCUT2D eigenvalue weighted by Gasteiger charge is 2.42. The molecular formula is C12H21F3N2S. The van der Waals surface area contributed by atoms with Gasteiger partial charge in [0.2, 0.25) is 0 Å². The maximum atomic E-state index is 12.2. The first kappa shape index (κ1) is 14.5. The van der Waals surface area contributed by atoms with Gasteiger partial charge in [-0.2, -0.15) is 24.9 Å². The number of halogens is 3. The quantitative estimate of drug-likeness (QED) is 0.834. The van der Waals surface area contributed by atoms with E-state index in [0.717, 1.165) is 19.4 Å². The Kier molecular flexibility index (Phi) is 4.49. The maximum absolute atomic E-state index is 12.2. The van der Waals surface area contributed by atoms with Gasteiger partial charge >= 0.3 is 6.18 Å². The molecule has 2 nitrogen and oxygen atoms in total. The summed E-state index contributed by atoms with van der Waals surface area (Å²) in [5.41, 5.74) is 0. The van der Waals surface area contributed by atoms with Gasteiger partial charge in [-0.15, -0.1) is 0 Å². The van der Waals surface area contributed by atoms with Crippen molar-refractivity contribution in [3.63, 3.8) is 0 Å². The first-order valence-electron chi connectivity index (χ1n) is 6.50. The van der Waals surface area contributed by atoms with E-state index in [9.17, 15) is 13.2 Å². The number of thioether (sulfide) groups is 1. The molecule has 0 spiro atoms. The average Bonchev–Trinajstić information content (AvgIpc) is 3.07. The van der Waals surface area contributed by atoms with Crippen LogP contribution in [0.3, 0.4) is 0 Å². The van der Waals surface area contributed by atoms with Crippen molar-refractivity contribution in [2.24, 2.45) is 0 Å². The van der Waals surface area contributed by atoms with Gasteiger partial charge in [0, 0.05) is 17.3 Å². The molecule has 106 valence electrons. The van der Waals surface area contributed by atoms with Crippen LogP contribution in [0.2, 0.25) is 0 Å². The van der Waals surface area contributed by atoms with Crippen molar-refractivity contribution in [2.75, 3.05) is 32.4 Å². The first-order chi connectivity index (χ1) is 8.42. The van der Waals surface area contributed by atoms with Crippen LogP contribution in [0.15, 0.2) is 0 Å². The van der Waals surface area contributed by atoms with Crippen molar-refractivity contribution < 1.29 is 13.2 Å². The fraction of sp³-hybridized carbons (Fsp3) is 1.00. The molecule has 1 saturated carbocycles. The summed E-state index contributed by atoms with van der Waals surface area (Å²) in [6, 6.07) is 0.402. The van der Waals surface area contributed by atoms with Gasteiger partial charge in [-0.25, -0.2) is 0 Å². The summed E-state index contributed by atoms with van der Waals surface area (Å²) in [6.45, 7) is 1.37. The van der Waals surface area contributed by atoms with Crippen LogP contribution in [0.1, 0.15) is 25.7 Å². The smallest absolute Gasteiger partial charge is 0.313 e. The van der Waals surface area contributed by atoms with Crippen molar-refractivity contribution in [1.82, 2.24) is 10.2 Å². The van der Waals surface area contributed by atoms with Crippen LogP contribution in [0.4, 0.5) is 13.2 Å². The SMILES string of the molecule is CSC1(CNC2CCN(CC(F)(F)F)CC2)CC1. The van der Waals surface area contributed by atoms with Crippen LogP contribution in [0.5, 0.6) is 0 Å². The van der Waals surface area contributed by atoms with E-state index in [2.05, 4.69) is 11.6 Å². The van der Waals surface area contributed by atoms with E-state index in [1.54, 1.807) is 0 Å². The third-order valence-electron chi connectivity index (χ3n) is 3.94. The largest absolute Gasteiger partial charge is 0.401 e. The Labute approximate surface area is 111 Å². The Balaban J connectivity index is 1.64. The minimum atomic E-state index is -4.06. The molecule has 2 aliphatic rings. The fourth-order valence-corrected chi connectivity index (χ4v) is 3.21. The number of likely N-dealkylation sites (tertiary alicyclic amines) is 1. The molecule has 0 amide bonds. The summed E-state index contributed by atoms with van der Waals surface area (Å²) in [6.07, 6.45) is 2.29. The lowest BCUT2D eigenvalue weighted by molar-refractivity contribution is -0.148. The van der Waals surface area contributed by atoms with Gasteiger partial charge in [-0.1, -0.05) is 0 Å². The van der Waals surface area contributed by atoms with E-state index in [1.165, 1.54) is 17.7 Å². The molecule has 0 aromatic rings. The van der Waals surface area contributed by atoms with Crippen LogP contribution in [0, 0.1) is 0 Å². The Morgan fingerprint density at radius 3 is 2.33 bits per heavy atom. The molecule has 6 heteroatoms. The molecule has 18 heavy (non-hydrogen) atoms. The number of nitrogens with zero attached hydrogens (tertiary/aromatic N) is 1. The normalized spacial score (nSPS) is 25.3. The predicted molar refractivity (Wildman–Crippen MR) is 69.0 cm³/mol. The zero-order valence-electron chi connectivity index (χ0n) is 10.7. The number of rotatable bonds is 5. The molecule has 1 aliphatic carbocycles. The lowest BCUT2D eigenvalue weighted by Crippen LogP contribution is -2.46. The summed E-state index contributed by atoms with van der Waals surface area (Å²) in [5, 5.41) is 3.53. The van der Waals surface area contributed by atoms with E-state index < -0.39 is 12.7 Å². The second-order valence-electron chi connectivity index (χ2n) is 5.43. The molecule has 0 aromatic carbocycles. The van der Waals surface area contributed by atoms with Crippen LogP contribution < -0.4 is 5.32 Å². The molecule has 1 heterocycles. The van der Waals surface area contributed by atoms with E-state index in [-0.39, 0.29) is 0 Å². The Bertz CT molecular complexity index is 271. The van der Waals surface area contributed by atoms with Crippen molar-refractivity contribution in [1.29, 1.82) is 0 Å². The number of piperidine rings is 1. The first-order valence-corrected chi connectivity index (χ1v) is 7.73. The van der Waals surface area contributed by atoms with Gasteiger partial charge in [-0.3, -0.25) is 4.90 Å². The topological polar surface area (TPSA) is 15.3 Å². The lowest BCUT2D eigenvalue weighted by Gasteiger charge is -2.33. The van der Waals surface area contributed by atoms with Crippen molar-refractivity contribution in [3.05, 3.63) is 0 Å². The summed E-state index contributed by atoms with van der Waals surface area (Å²) in [4.78, 5) is 1.51. The highest BCUT2D eigenvalue weighted by Crippen LogP contribution is 2.46. The molecular weight excluding hydrogens is 261 g/mol. The van der Waals surface area contributed by atoms with Gasteiger partial charge < -0.3 is 5.32 Å². The third kappa shape index (κ3) is 4.31. The molecule has 0 bridgehead atoms. The summed E-state index contributed by atoms with van der Waals surface area (Å²) in [5.74, 6) is 0. The molecule has 1 aliphatic heterocycles. The van der Waals surface area contributed by atoms with Crippen molar-refractivity contribution in [2.45, 2.75) is 42.6 Å². The minimum absolute atomic E-state index is 0.402. The van der Waals surface area contributed by atoms with E-state index in [0.29, 0.717) is 23.9 Å². The molecule has 2 rings (SSSR count). The Hall–Kier alpha value is 0.0600. The highest BCUT2D eigenvalue weighted by molar-refractivity contribution is 8.00. The summed E-state index contributed by atoms with van der Waals surface area (Å²) < 4.78 is 37.1. The van der Waals surface area contributed by atoms with Crippen LogP contribution in [-0.2, 0) is 0 Å². The van der Waals surface area contributed by atoms with E-state index in [1.807, 2.05) is 11.8 Å². The van der Waals surface area contributed by atoms with Crippen LogP contribution in [0.25, 0.3) is 0 Å². The number of alkyl halides is 3. The van der Waals surface area contributed by atoms with Gasteiger partial charge in [0.15, 0.2) is 0 Å². The van der Waals surface area contributed by atoms with E-state index >= 15 is 0 Å². The Morgan fingerprint density at radius 1 is 1.28 bits per heavy atom. The average molecular weight is 282 g/mol. The number of hydrogen-bond donors (Lipinski definition) is 1. The predicted octanol–water partition coefficient (Wildman–Crippen LogP) is 2.50. The molecule has 1 saturated heterocycles. The summed E-state index contributed by atoms with van der Waals surface area (Å²) in [7, 11) is 0. The van der Waals surface area contributed by atoms with Gasteiger partial charge in [0.25, 0.3) is 0 Å². The van der Waals surface area contributed by atoms with Crippen LogP contribution in [-0.4, -0.2) is 54.3 Å². The van der Waals surface area contributed by atoms with Gasteiger partial charge in [0.05, 0.1) is 6.54 Å². The van der Waals surface area contributed by atoms with Crippen molar-refractivity contribution >= 4 is 11.8 Å². The monoisotopic (exact) mass is 282 g/mol.